The van der Waals surface area contributed by atoms with Crippen LogP contribution in [0.5, 0.6) is 0 Å². The van der Waals surface area contributed by atoms with E-state index in [-0.39, 0.29) is 0 Å². The monoisotopic (exact) mass is 140 g/mol. The van der Waals surface area contributed by atoms with Gasteiger partial charge in [0, 0.05) is 19.3 Å². The molecule has 0 aromatic rings. The lowest BCUT2D eigenvalue weighted by Gasteiger charge is -2.18. The molecule has 2 heteroatoms. The summed E-state index contributed by atoms with van der Waals surface area (Å²) < 4.78 is 0. The van der Waals surface area contributed by atoms with E-state index in [1.807, 2.05) is 0 Å². The van der Waals surface area contributed by atoms with E-state index in [0.29, 0.717) is 0 Å². The third kappa shape index (κ3) is 1.18. The largest absolute Gasteiger partial charge is 0.303 e. The molecular formula is C8H16N2. The molecule has 2 rings (SSSR count). The highest BCUT2D eigenvalue weighted by Crippen LogP contribution is 2.17. The van der Waals surface area contributed by atoms with Gasteiger partial charge in [0.1, 0.15) is 0 Å². The fraction of sp³-hybridized carbons (Fsp3) is 1.00. The summed E-state index contributed by atoms with van der Waals surface area (Å²) in [7, 11) is 0. The first-order valence-electron chi connectivity index (χ1n) is 4.41. The summed E-state index contributed by atoms with van der Waals surface area (Å²) in [6.45, 7) is 3.71. The molecule has 0 spiro atoms. The lowest BCUT2D eigenvalue weighted by Crippen LogP contribution is -2.29. The molecule has 0 aromatic heterocycles. The van der Waals surface area contributed by atoms with Crippen LogP contribution in [0, 0.1) is 0 Å². The zero-order valence-electron chi connectivity index (χ0n) is 6.47. The van der Waals surface area contributed by atoms with E-state index in [1.54, 1.807) is 0 Å². The number of nitrogens with one attached hydrogen (secondary N) is 1. The van der Waals surface area contributed by atoms with E-state index >= 15 is 0 Å². The van der Waals surface area contributed by atoms with Gasteiger partial charge in [-0.3, -0.25) is 4.90 Å². The maximum atomic E-state index is 3.42. The third-order valence-electron chi connectivity index (χ3n) is 2.69. The highest BCUT2D eigenvalue weighted by molar-refractivity contribution is 4.81. The van der Waals surface area contributed by atoms with Crippen LogP contribution in [-0.4, -0.2) is 30.7 Å². The van der Waals surface area contributed by atoms with Crippen molar-refractivity contribution < 1.29 is 0 Å². The van der Waals surface area contributed by atoms with Crippen molar-refractivity contribution in [2.45, 2.75) is 31.7 Å². The Hall–Kier alpha value is -0.0800. The van der Waals surface area contributed by atoms with Crippen molar-refractivity contribution in [1.29, 1.82) is 0 Å². The van der Waals surface area contributed by atoms with Gasteiger partial charge in [0.05, 0.1) is 0 Å². The van der Waals surface area contributed by atoms with Gasteiger partial charge >= 0.3 is 0 Å². The van der Waals surface area contributed by atoms with Crippen LogP contribution in [0.1, 0.15) is 25.7 Å². The van der Waals surface area contributed by atoms with Gasteiger partial charge in [0.25, 0.3) is 0 Å². The molecule has 2 nitrogen and oxygen atoms in total. The molecule has 2 saturated heterocycles. The predicted octanol–water partition coefficient (Wildman–Crippen LogP) is 0.792. The van der Waals surface area contributed by atoms with Crippen LogP contribution in [-0.2, 0) is 0 Å². The van der Waals surface area contributed by atoms with Crippen molar-refractivity contribution >= 4 is 0 Å². The number of hydrogen-bond donors (Lipinski definition) is 1. The smallest absolute Gasteiger partial charge is 0.0484 e. The molecule has 2 aliphatic rings. The highest BCUT2D eigenvalue weighted by atomic mass is 15.3. The van der Waals surface area contributed by atoms with Gasteiger partial charge in [0.15, 0.2) is 0 Å². The van der Waals surface area contributed by atoms with Crippen molar-refractivity contribution in [1.82, 2.24) is 10.2 Å². The van der Waals surface area contributed by atoms with Crippen LogP contribution in [0.3, 0.4) is 0 Å². The second-order valence-electron chi connectivity index (χ2n) is 3.43. The summed E-state index contributed by atoms with van der Waals surface area (Å²) in [5.41, 5.74) is 0. The molecule has 1 atom stereocenters. The van der Waals surface area contributed by atoms with Crippen molar-refractivity contribution in [2.75, 3.05) is 19.8 Å². The van der Waals surface area contributed by atoms with Crippen LogP contribution in [0.2, 0.25) is 0 Å². The van der Waals surface area contributed by atoms with Gasteiger partial charge in [-0.1, -0.05) is 12.8 Å². The van der Waals surface area contributed by atoms with Crippen LogP contribution in [0.15, 0.2) is 0 Å². The summed E-state index contributed by atoms with van der Waals surface area (Å²) in [5.74, 6) is 0. The first-order valence-corrected chi connectivity index (χ1v) is 4.41. The molecule has 0 aliphatic carbocycles. The fourth-order valence-corrected chi connectivity index (χ4v) is 2.05. The van der Waals surface area contributed by atoms with Gasteiger partial charge in [-0.15, -0.1) is 0 Å². The van der Waals surface area contributed by atoms with Crippen LogP contribution in [0.25, 0.3) is 0 Å². The molecule has 0 amide bonds. The van der Waals surface area contributed by atoms with Gasteiger partial charge in [0.2, 0.25) is 0 Å². The van der Waals surface area contributed by atoms with Gasteiger partial charge in [-0.25, -0.2) is 0 Å². The lowest BCUT2D eigenvalue weighted by molar-refractivity contribution is 0.264. The maximum Gasteiger partial charge on any atom is 0.0484 e. The molecule has 0 aromatic carbocycles. The lowest BCUT2D eigenvalue weighted by atomic mass is 10.1. The van der Waals surface area contributed by atoms with Gasteiger partial charge in [-0.2, -0.15) is 0 Å². The molecule has 1 N–H and O–H groups in total. The van der Waals surface area contributed by atoms with E-state index in [0.717, 1.165) is 12.7 Å². The number of nitrogens with zero attached hydrogens (tertiary/aromatic N) is 1. The molecule has 0 radical (unpaired) electrons. The molecule has 1 unspecified atom stereocenters. The van der Waals surface area contributed by atoms with Gasteiger partial charge in [-0.05, 0) is 19.4 Å². The zero-order chi connectivity index (χ0) is 6.81. The van der Waals surface area contributed by atoms with E-state index in [9.17, 15) is 0 Å². The third-order valence-corrected chi connectivity index (χ3v) is 2.69. The predicted molar refractivity (Wildman–Crippen MR) is 41.8 cm³/mol. The van der Waals surface area contributed by atoms with E-state index in [1.165, 1.54) is 38.8 Å². The second-order valence-corrected chi connectivity index (χ2v) is 3.43. The molecule has 2 aliphatic heterocycles. The number of fused-ring (bicyclic) bond motifs is 1. The Bertz CT molecular complexity index is 102. The van der Waals surface area contributed by atoms with Gasteiger partial charge < -0.3 is 5.32 Å². The highest BCUT2D eigenvalue weighted by Gasteiger charge is 2.24. The number of rotatable bonds is 0. The molecule has 0 bridgehead atoms. The summed E-state index contributed by atoms with van der Waals surface area (Å²) >= 11 is 0. The topological polar surface area (TPSA) is 15.3 Å². The molecular weight excluding hydrogens is 124 g/mol. The first-order chi connectivity index (χ1) is 4.97. The minimum absolute atomic E-state index is 0.877. The van der Waals surface area contributed by atoms with Crippen LogP contribution in [0.4, 0.5) is 0 Å². The first kappa shape index (κ1) is 6.62. The SMILES string of the molecule is C1CCC2CNCN2CC1. The van der Waals surface area contributed by atoms with E-state index in [2.05, 4.69) is 10.2 Å². The Morgan fingerprint density at radius 2 is 2.20 bits per heavy atom. The molecule has 10 heavy (non-hydrogen) atoms. The Labute approximate surface area is 62.6 Å². The Balaban J connectivity index is 1.95. The fourth-order valence-electron chi connectivity index (χ4n) is 2.05. The normalized spacial score (nSPS) is 35.4. The average molecular weight is 140 g/mol. The molecule has 0 saturated carbocycles. The van der Waals surface area contributed by atoms with Crippen LogP contribution >= 0.6 is 0 Å². The summed E-state index contributed by atoms with van der Waals surface area (Å²) in [6.07, 6.45) is 5.74. The second kappa shape index (κ2) is 2.89. The summed E-state index contributed by atoms with van der Waals surface area (Å²) in [6, 6.07) is 0.877. The minimum Gasteiger partial charge on any atom is -0.303 e. The van der Waals surface area contributed by atoms with Crippen molar-refractivity contribution in [3.05, 3.63) is 0 Å². The summed E-state index contributed by atoms with van der Waals surface area (Å²) in [4.78, 5) is 2.59. The Morgan fingerprint density at radius 1 is 1.20 bits per heavy atom. The Kier molecular flexibility index (Phi) is 1.91. The summed E-state index contributed by atoms with van der Waals surface area (Å²) in [5, 5.41) is 3.42. The van der Waals surface area contributed by atoms with Crippen molar-refractivity contribution in [3.8, 4) is 0 Å². The standard InChI is InChI=1S/C8H16N2/c1-2-4-8-6-9-7-10(8)5-3-1/h8-9H,1-7H2. The molecule has 58 valence electrons. The number of hydrogen-bond acceptors (Lipinski definition) is 2. The Morgan fingerprint density at radius 3 is 3.20 bits per heavy atom. The zero-order valence-corrected chi connectivity index (χ0v) is 6.47. The quantitative estimate of drug-likeness (QED) is 0.535. The minimum atomic E-state index is 0.877. The average Bonchev–Trinajstić information content (AvgIpc) is 2.28. The van der Waals surface area contributed by atoms with Crippen LogP contribution < -0.4 is 5.32 Å². The van der Waals surface area contributed by atoms with Crippen molar-refractivity contribution in [2.24, 2.45) is 0 Å². The molecule has 2 fully saturated rings. The van der Waals surface area contributed by atoms with Crippen molar-refractivity contribution in [3.63, 3.8) is 0 Å². The van der Waals surface area contributed by atoms with E-state index in [4.69, 9.17) is 0 Å². The maximum absolute atomic E-state index is 3.42. The molecule has 2 heterocycles. The van der Waals surface area contributed by atoms with E-state index < -0.39 is 0 Å².